The predicted molar refractivity (Wildman–Crippen MR) is 83.4 cm³/mol. The van der Waals surface area contributed by atoms with Crippen LogP contribution in [0.25, 0.3) is 0 Å². The van der Waals surface area contributed by atoms with Gasteiger partial charge in [-0.05, 0) is 77.5 Å². The molecule has 2 nitrogen and oxygen atoms in total. The van der Waals surface area contributed by atoms with Gasteiger partial charge in [0.2, 0.25) is 0 Å². The highest BCUT2D eigenvalue weighted by Gasteiger charge is 2.05. The topological polar surface area (TPSA) is 35.2 Å². The fraction of sp³-hybridized carbons (Fsp3) is 0.143. The lowest BCUT2D eigenvalue weighted by Crippen LogP contribution is -2.04. The van der Waals surface area contributed by atoms with Crippen LogP contribution >= 0.6 is 34.2 Å². The van der Waals surface area contributed by atoms with Gasteiger partial charge < -0.3 is 10.5 Å². The van der Waals surface area contributed by atoms with Crippen LogP contribution in [0.3, 0.4) is 0 Å². The summed E-state index contributed by atoms with van der Waals surface area (Å²) in [4.78, 5) is 0. The first-order valence-electron chi connectivity index (χ1n) is 5.61. The summed E-state index contributed by atoms with van der Waals surface area (Å²) in [7, 11) is 0. The largest absolute Gasteiger partial charge is 0.457 e. The minimum Gasteiger partial charge on any atom is -0.457 e. The Hall–Kier alpha value is -0.780. The van der Waals surface area contributed by atoms with E-state index in [4.69, 9.17) is 22.1 Å². The van der Waals surface area contributed by atoms with Crippen LogP contribution < -0.4 is 10.5 Å². The summed E-state index contributed by atoms with van der Waals surface area (Å²) in [5, 5.41) is 0.702. The molecule has 0 saturated carbocycles. The highest BCUT2D eigenvalue weighted by atomic mass is 127. The summed E-state index contributed by atoms with van der Waals surface area (Å²) in [6.07, 6.45) is 0.750. The minimum absolute atomic E-state index is 0.572. The Balaban J connectivity index is 2.28. The summed E-state index contributed by atoms with van der Waals surface area (Å²) in [6.45, 7) is 0.572. The van der Waals surface area contributed by atoms with Gasteiger partial charge in [-0.1, -0.05) is 17.7 Å². The van der Waals surface area contributed by atoms with Crippen LogP contribution in [0.5, 0.6) is 11.5 Å². The predicted octanol–water partition coefficient (Wildman–Crippen LogP) is 4.24. The molecule has 2 rings (SSSR count). The second kappa shape index (κ2) is 6.41. The van der Waals surface area contributed by atoms with Crippen LogP contribution in [-0.4, -0.2) is 6.54 Å². The van der Waals surface area contributed by atoms with E-state index in [1.54, 1.807) is 0 Å². The fourth-order valence-corrected chi connectivity index (χ4v) is 2.37. The van der Waals surface area contributed by atoms with Crippen molar-refractivity contribution in [2.45, 2.75) is 6.42 Å². The van der Waals surface area contributed by atoms with Gasteiger partial charge in [-0.25, -0.2) is 0 Å². The maximum absolute atomic E-state index is 5.98. The van der Waals surface area contributed by atoms with E-state index < -0.39 is 0 Å². The molecule has 0 fully saturated rings. The molecule has 2 aromatic rings. The Labute approximate surface area is 125 Å². The van der Waals surface area contributed by atoms with Crippen molar-refractivity contribution < 1.29 is 4.74 Å². The van der Waals surface area contributed by atoms with Gasteiger partial charge in [0.25, 0.3) is 0 Å². The number of hydrogen-bond acceptors (Lipinski definition) is 2. The number of benzene rings is 2. The highest BCUT2D eigenvalue weighted by molar-refractivity contribution is 14.1. The third-order valence-corrected chi connectivity index (χ3v) is 3.37. The van der Waals surface area contributed by atoms with Gasteiger partial charge >= 0.3 is 0 Å². The van der Waals surface area contributed by atoms with E-state index in [0.29, 0.717) is 11.6 Å². The monoisotopic (exact) mass is 373 g/mol. The molecule has 2 N–H and O–H groups in total. The third kappa shape index (κ3) is 3.60. The van der Waals surface area contributed by atoms with Gasteiger partial charge in [-0.15, -0.1) is 0 Å². The van der Waals surface area contributed by atoms with E-state index >= 15 is 0 Å². The molecule has 0 spiro atoms. The van der Waals surface area contributed by atoms with Gasteiger partial charge in [0.1, 0.15) is 11.5 Å². The maximum Gasteiger partial charge on any atom is 0.130 e. The van der Waals surface area contributed by atoms with Crippen molar-refractivity contribution >= 4 is 34.2 Å². The van der Waals surface area contributed by atoms with Gasteiger partial charge in [-0.2, -0.15) is 0 Å². The number of nitrogens with two attached hydrogens (primary N) is 1. The number of ether oxygens (including phenoxy) is 1. The van der Waals surface area contributed by atoms with E-state index in [0.717, 1.165) is 27.1 Å². The molecular formula is C14H13ClINO. The average molecular weight is 374 g/mol. The Kier molecular flexibility index (Phi) is 4.86. The Bertz CT molecular complexity index is 545. The standard InChI is InChI=1S/C14H13ClINO/c15-11-4-5-14(10(8-11)6-7-17)18-13-3-1-2-12(16)9-13/h1-5,8-9H,6-7,17H2. The molecule has 94 valence electrons. The van der Waals surface area contributed by atoms with Crippen molar-refractivity contribution in [3.8, 4) is 11.5 Å². The zero-order valence-electron chi connectivity index (χ0n) is 9.70. The molecule has 0 atom stereocenters. The zero-order valence-corrected chi connectivity index (χ0v) is 12.6. The maximum atomic E-state index is 5.98. The van der Waals surface area contributed by atoms with Crippen LogP contribution in [0.2, 0.25) is 5.02 Å². The zero-order chi connectivity index (χ0) is 13.0. The minimum atomic E-state index is 0.572. The van der Waals surface area contributed by atoms with Crippen molar-refractivity contribution in [1.82, 2.24) is 0 Å². The first kappa shape index (κ1) is 13.6. The molecule has 0 saturated heterocycles. The highest BCUT2D eigenvalue weighted by Crippen LogP contribution is 2.28. The first-order chi connectivity index (χ1) is 8.69. The van der Waals surface area contributed by atoms with E-state index in [1.807, 2.05) is 42.5 Å². The summed E-state index contributed by atoms with van der Waals surface area (Å²) in [6, 6.07) is 13.5. The molecule has 0 radical (unpaired) electrons. The molecular weight excluding hydrogens is 361 g/mol. The normalized spacial score (nSPS) is 10.4. The fourth-order valence-electron chi connectivity index (χ4n) is 1.66. The quantitative estimate of drug-likeness (QED) is 0.814. The van der Waals surface area contributed by atoms with Crippen LogP contribution in [0.1, 0.15) is 5.56 Å². The third-order valence-electron chi connectivity index (χ3n) is 2.46. The lowest BCUT2D eigenvalue weighted by atomic mass is 10.1. The summed E-state index contributed by atoms with van der Waals surface area (Å²) >= 11 is 8.24. The molecule has 0 aliphatic rings. The van der Waals surface area contributed by atoms with Gasteiger partial charge in [0, 0.05) is 8.59 Å². The molecule has 18 heavy (non-hydrogen) atoms. The summed E-state index contributed by atoms with van der Waals surface area (Å²) in [5.74, 6) is 1.63. The smallest absolute Gasteiger partial charge is 0.130 e. The van der Waals surface area contributed by atoms with Crippen molar-refractivity contribution in [2.75, 3.05) is 6.54 Å². The van der Waals surface area contributed by atoms with Crippen LogP contribution in [0.4, 0.5) is 0 Å². The second-order valence-corrected chi connectivity index (χ2v) is 5.53. The van der Waals surface area contributed by atoms with Crippen LogP contribution in [0.15, 0.2) is 42.5 Å². The summed E-state index contributed by atoms with van der Waals surface area (Å²) in [5.41, 5.74) is 6.63. The molecule has 0 bridgehead atoms. The lowest BCUT2D eigenvalue weighted by Gasteiger charge is -2.11. The SMILES string of the molecule is NCCc1cc(Cl)ccc1Oc1cccc(I)c1. The first-order valence-corrected chi connectivity index (χ1v) is 7.06. The Morgan fingerprint density at radius 1 is 1.17 bits per heavy atom. The number of hydrogen-bond donors (Lipinski definition) is 1. The van der Waals surface area contributed by atoms with Crippen molar-refractivity contribution in [3.05, 3.63) is 56.6 Å². The van der Waals surface area contributed by atoms with E-state index in [2.05, 4.69) is 22.6 Å². The van der Waals surface area contributed by atoms with Gasteiger partial charge in [0.15, 0.2) is 0 Å². The summed E-state index contributed by atoms with van der Waals surface area (Å²) < 4.78 is 7.02. The Morgan fingerprint density at radius 3 is 2.72 bits per heavy atom. The van der Waals surface area contributed by atoms with Crippen molar-refractivity contribution in [2.24, 2.45) is 5.73 Å². The second-order valence-electron chi connectivity index (χ2n) is 3.85. The Morgan fingerprint density at radius 2 is 2.00 bits per heavy atom. The van der Waals surface area contributed by atoms with E-state index in [-0.39, 0.29) is 0 Å². The molecule has 0 heterocycles. The van der Waals surface area contributed by atoms with Gasteiger partial charge in [0.05, 0.1) is 0 Å². The number of rotatable bonds is 4. The molecule has 0 aliphatic carbocycles. The van der Waals surface area contributed by atoms with Crippen LogP contribution in [-0.2, 0) is 6.42 Å². The van der Waals surface area contributed by atoms with Crippen LogP contribution in [0, 0.1) is 3.57 Å². The molecule has 2 aromatic carbocycles. The molecule has 0 aromatic heterocycles. The molecule has 0 unspecified atom stereocenters. The van der Waals surface area contributed by atoms with Crippen molar-refractivity contribution in [1.29, 1.82) is 0 Å². The van der Waals surface area contributed by atoms with E-state index in [9.17, 15) is 0 Å². The van der Waals surface area contributed by atoms with Crippen molar-refractivity contribution in [3.63, 3.8) is 0 Å². The molecule has 4 heteroatoms. The number of halogens is 2. The average Bonchev–Trinajstić information content (AvgIpc) is 2.33. The molecule has 0 aliphatic heterocycles. The van der Waals surface area contributed by atoms with E-state index in [1.165, 1.54) is 0 Å². The lowest BCUT2D eigenvalue weighted by molar-refractivity contribution is 0.476. The molecule has 0 amide bonds. The van der Waals surface area contributed by atoms with Gasteiger partial charge in [-0.3, -0.25) is 0 Å².